The van der Waals surface area contributed by atoms with Crippen molar-refractivity contribution >= 4 is 33.0 Å². The predicted octanol–water partition coefficient (Wildman–Crippen LogP) is 5.65. The lowest BCUT2D eigenvalue weighted by atomic mass is 10.1. The molecule has 1 heterocycles. The molecule has 0 nitrogen and oxygen atoms in total. The Morgan fingerprint density at radius 3 is 2.35 bits per heavy atom. The largest absolute Gasteiger partial charge is 0.207 e. The molecule has 0 saturated carbocycles. The molecule has 0 N–H and O–H groups in total. The van der Waals surface area contributed by atoms with Crippen LogP contribution in [0.5, 0.6) is 0 Å². The fourth-order valence-corrected chi connectivity index (χ4v) is 3.47. The summed E-state index contributed by atoms with van der Waals surface area (Å²) in [5.41, 5.74) is 0.208. The second-order valence-corrected chi connectivity index (χ2v) is 5.91. The molecule has 0 aliphatic rings. The van der Waals surface area contributed by atoms with E-state index in [-0.39, 0.29) is 11.4 Å². The van der Waals surface area contributed by atoms with E-state index in [1.54, 1.807) is 12.1 Å². The van der Waals surface area contributed by atoms with Crippen molar-refractivity contribution in [3.63, 3.8) is 0 Å². The van der Waals surface area contributed by atoms with Gasteiger partial charge in [-0.3, -0.25) is 0 Å². The summed E-state index contributed by atoms with van der Waals surface area (Å²) >= 11 is 7.55. The van der Waals surface area contributed by atoms with Gasteiger partial charge in [0.25, 0.3) is 0 Å². The van der Waals surface area contributed by atoms with Crippen LogP contribution in [-0.2, 0) is 0 Å². The van der Waals surface area contributed by atoms with Crippen LogP contribution in [0, 0.1) is 17.5 Å². The molecule has 20 heavy (non-hydrogen) atoms. The summed E-state index contributed by atoms with van der Waals surface area (Å²) in [5, 5.41) is 0.121. The highest BCUT2D eigenvalue weighted by molar-refractivity contribution is 7.19. The molecule has 1 atom stereocenters. The van der Waals surface area contributed by atoms with Gasteiger partial charge < -0.3 is 0 Å². The fourth-order valence-electron chi connectivity index (χ4n) is 2.01. The van der Waals surface area contributed by atoms with Crippen molar-refractivity contribution in [1.29, 1.82) is 0 Å². The lowest BCUT2D eigenvalue weighted by Crippen LogP contribution is -1.95. The molecular weight excluding hydrogens is 305 g/mol. The maximum atomic E-state index is 13.7. The average molecular weight is 313 g/mol. The highest BCUT2D eigenvalue weighted by atomic mass is 35.5. The zero-order valence-electron chi connectivity index (χ0n) is 10.0. The zero-order chi connectivity index (χ0) is 14.3. The topological polar surface area (TPSA) is 0 Å². The van der Waals surface area contributed by atoms with Gasteiger partial charge >= 0.3 is 0 Å². The molecule has 0 fully saturated rings. The Kier molecular flexibility index (Phi) is 3.44. The molecule has 0 aliphatic carbocycles. The van der Waals surface area contributed by atoms with Crippen molar-refractivity contribution in [3.05, 3.63) is 70.4 Å². The van der Waals surface area contributed by atoms with Crippen LogP contribution in [0.2, 0.25) is 0 Å². The summed E-state index contributed by atoms with van der Waals surface area (Å²) in [6.07, 6.45) is 0. The van der Waals surface area contributed by atoms with Crippen LogP contribution < -0.4 is 0 Å². The van der Waals surface area contributed by atoms with Crippen molar-refractivity contribution in [2.24, 2.45) is 0 Å². The smallest absolute Gasteiger partial charge is 0.131 e. The van der Waals surface area contributed by atoms with Crippen LogP contribution >= 0.6 is 22.9 Å². The van der Waals surface area contributed by atoms with Gasteiger partial charge in [0.15, 0.2) is 0 Å². The molecular formula is C15H8ClF3S. The lowest BCUT2D eigenvalue weighted by Gasteiger charge is -2.08. The first-order valence-electron chi connectivity index (χ1n) is 5.82. The third-order valence-electron chi connectivity index (χ3n) is 2.99. The number of fused-ring (bicyclic) bond motifs is 1. The van der Waals surface area contributed by atoms with Gasteiger partial charge in [-0.15, -0.1) is 22.9 Å². The highest BCUT2D eigenvalue weighted by Crippen LogP contribution is 2.38. The third kappa shape index (κ3) is 2.41. The van der Waals surface area contributed by atoms with E-state index in [1.807, 2.05) is 0 Å². The zero-order valence-corrected chi connectivity index (χ0v) is 11.6. The van der Waals surface area contributed by atoms with Gasteiger partial charge in [0.05, 0.1) is 5.38 Å². The molecule has 102 valence electrons. The maximum Gasteiger partial charge on any atom is 0.131 e. The summed E-state index contributed by atoms with van der Waals surface area (Å²) < 4.78 is 40.5. The van der Waals surface area contributed by atoms with Crippen LogP contribution in [0.15, 0.2) is 42.5 Å². The second kappa shape index (κ2) is 5.11. The van der Waals surface area contributed by atoms with E-state index >= 15 is 0 Å². The van der Waals surface area contributed by atoms with Gasteiger partial charge in [-0.25, -0.2) is 13.2 Å². The number of hydrogen-bond donors (Lipinski definition) is 0. The SMILES string of the molecule is Fc1ccc(C(Cl)c2cc3ccc(F)cc3s2)c(F)c1. The first-order valence-corrected chi connectivity index (χ1v) is 7.08. The molecule has 3 aromatic rings. The van der Waals surface area contributed by atoms with E-state index in [2.05, 4.69) is 0 Å². The number of benzene rings is 2. The summed E-state index contributed by atoms with van der Waals surface area (Å²) in [6.45, 7) is 0. The van der Waals surface area contributed by atoms with Gasteiger partial charge in [-0.05, 0) is 29.7 Å². The molecule has 0 saturated heterocycles. The predicted molar refractivity (Wildman–Crippen MR) is 75.8 cm³/mol. The van der Waals surface area contributed by atoms with Gasteiger partial charge in [-0.2, -0.15) is 0 Å². The number of hydrogen-bond acceptors (Lipinski definition) is 1. The standard InChI is InChI=1S/C15H8ClF3S/c16-15(11-4-3-9(17)6-12(11)19)14-5-8-1-2-10(18)7-13(8)20-14/h1-7,15H. The van der Waals surface area contributed by atoms with E-state index in [1.165, 1.54) is 35.6 Å². The minimum absolute atomic E-state index is 0.208. The van der Waals surface area contributed by atoms with E-state index in [0.717, 1.165) is 16.2 Å². The van der Waals surface area contributed by atoms with E-state index in [9.17, 15) is 13.2 Å². The minimum Gasteiger partial charge on any atom is -0.207 e. The Balaban J connectivity index is 2.05. The third-order valence-corrected chi connectivity index (χ3v) is 4.75. The number of halogens is 4. The van der Waals surface area contributed by atoms with E-state index in [4.69, 9.17) is 11.6 Å². The lowest BCUT2D eigenvalue weighted by molar-refractivity contribution is 0.574. The molecule has 3 rings (SSSR count). The number of rotatable bonds is 2. The van der Waals surface area contributed by atoms with Gasteiger partial charge in [0, 0.05) is 21.2 Å². The fraction of sp³-hybridized carbons (Fsp3) is 0.0667. The first-order chi connectivity index (χ1) is 9.54. The van der Waals surface area contributed by atoms with Crippen LogP contribution in [0.3, 0.4) is 0 Å². The van der Waals surface area contributed by atoms with Crippen LogP contribution in [0.25, 0.3) is 10.1 Å². The molecule has 1 aromatic heterocycles. The quantitative estimate of drug-likeness (QED) is 0.537. The van der Waals surface area contributed by atoms with Gasteiger partial charge in [-0.1, -0.05) is 12.1 Å². The molecule has 1 unspecified atom stereocenters. The molecule has 5 heteroatoms. The molecule has 0 spiro atoms. The molecule has 2 aromatic carbocycles. The number of alkyl halides is 1. The summed E-state index contributed by atoms with van der Waals surface area (Å²) in [5.74, 6) is -1.66. The Hall–Kier alpha value is -1.52. The highest BCUT2D eigenvalue weighted by Gasteiger charge is 2.18. The van der Waals surface area contributed by atoms with Crippen LogP contribution in [0.1, 0.15) is 15.8 Å². The second-order valence-electron chi connectivity index (χ2n) is 4.36. The molecule has 0 aliphatic heterocycles. The minimum atomic E-state index is -0.726. The number of thiophene rings is 1. The van der Waals surface area contributed by atoms with Gasteiger partial charge in [0.1, 0.15) is 17.5 Å². The maximum absolute atomic E-state index is 13.7. The Morgan fingerprint density at radius 2 is 1.60 bits per heavy atom. The van der Waals surface area contributed by atoms with Crippen molar-refractivity contribution in [2.45, 2.75) is 5.38 Å². The average Bonchev–Trinajstić information content (AvgIpc) is 2.81. The molecule has 0 amide bonds. The summed E-state index contributed by atoms with van der Waals surface area (Å²) in [6, 6.07) is 9.51. The van der Waals surface area contributed by atoms with Crippen molar-refractivity contribution in [3.8, 4) is 0 Å². The monoisotopic (exact) mass is 312 g/mol. The van der Waals surface area contributed by atoms with Crippen LogP contribution in [-0.4, -0.2) is 0 Å². The van der Waals surface area contributed by atoms with E-state index in [0.29, 0.717) is 4.88 Å². The molecule has 0 bridgehead atoms. The Morgan fingerprint density at radius 1 is 0.900 bits per heavy atom. The van der Waals surface area contributed by atoms with Crippen molar-refractivity contribution in [2.75, 3.05) is 0 Å². The first kappa shape index (κ1) is 13.5. The summed E-state index contributed by atoms with van der Waals surface area (Å²) in [7, 11) is 0. The molecule has 0 radical (unpaired) electrons. The summed E-state index contributed by atoms with van der Waals surface area (Å²) in [4.78, 5) is 0.692. The van der Waals surface area contributed by atoms with Gasteiger partial charge in [0.2, 0.25) is 0 Å². The Bertz CT molecular complexity index is 782. The normalized spacial score (nSPS) is 12.8. The van der Waals surface area contributed by atoms with Crippen molar-refractivity contribution in [1.82, 2.24) is 0 Å². The van der Waals surface area contributed by atoms with Crippen molar-refractivity contribution < 1.29 is 13.2 Å². The van der Waals surface area contributed by atoms with E-state index < -0.39 is 17.0 Å². The Labute approximate surface area is 122 Å². The van der Waals surface area contributed by atoms with Crippen LogP contribution in [0.4, 0.5) is 13.2 Å².